The Hall–Kier alpha value is -1.06. The number of unbranched alkanes of at least 4 members (excludes halogenated alkanes) is 1. The molecule has 106 valence electrons. The molecule has 1 saturated heterocycles. The van der Waals surface area contributed by atoms with Gasteiger partial charge < -0.3 is 10.1 Å². The molecular weight excluding hydrogens is 236 g/mol. The van der Waals surface area contributed by atoms with Gasteiger partial charge in [-0.15, -0.1) is 0 Å². The molecule has 3 nitrogen and oxygen atoms in total. The molecule has 1 aliphatic heterocycles. The fourth-order valence-electron chi connectivity index (χ4n) is 2.78. The number of methoxy groups -OCH3 is 1. The Bertz CT molecular complexity index is 358. The smallest absolute Gasteiger partial charge is 0.118 e. The Labute approximate surface area is 116 Å². The van der Waals surface area contributed by atoms with E-state index < -0.39 is 0 Å². The Kier molecular flexibility index (Phi) is 5.67. The van der Waals surface area contributed by atoms with E-state index in [4.69, 9.17) is 4.74 Å². The molecule has 1 aliphatic rings. The van der Waals surface area contributed by atoms with Crippen molar-refractivity contribution in [1.29, 1.82) is 0 Å². The van der Waals surface area contributed by atoms with Crippen LogP contribution in [0.25, 0.3) is 0 Å². The molecule has 19 heavy (non-hydrogen) atoms. The molecule has 3 heteroatoms. The first kappa shape index (κ1) is 14.4. The number of nitrogens with one attached hydrogen (secondary N) is 1. The van der Waals surface area contributed by atoms with E-state index in [0.29, 0.717) is 6.04 Å². The van der Waals surface area contributed by atoms with E-state index in [2.05, 4.69) is 41.4 Å². The van der Waals surface area contributed by atoms with Gasteiger partial charge in [-0.05, 0) is 24.1 Å². The van der Waals surface area contributed by atoms with Gasteiger partial charge in [0.05, 0.1) is 7.11 Å². The van der Waals surface area contributed by atoms with Crippen molar-refractivity contribution in [2.45, 2.75) is 32.2 Å². The summed E-state index contributed by atoms with van der Waals surface area (Å²) in [5.74, 6) is 0.943. The third-order valence-corrected chi connectivity index (χ3v) is 3.92. The minimum absolute atomic E-state index is 0.563. The van der Waals surface area contributed by atoms with Crippen LogP contribution in [-0.4, -0.2) is 38.2 Å². The van der Waals surface area contributed by atoms with E-state index in [-0.39, 0.29) is 0 Å². The largest absolute Gasteiger partial charge is 0.497 e. The summed E-state index contributed by atoms with van der Waals surface area (Å²) in [5.41, 5.74) is 1.43. The number of hydrogen-bond acceptors (Lipinski definition) is 3. The van der Waals surface area contributed by atoms with Gasteiger partial charge in [-0.3, -0.25) is 4.90 Å². The van der Waals surface area contributed by atoms with Crippen molar-refractivity contribution in [3.05, 3.63) is 29.8 Å². The number of nitrogens with zero attached hydrogens (tertiary/aromatic N) is 1. The number of rotatable bonds is 6. The third kappa shape index (κ3) is 3.95. The maximum Gasteiger partial charge on any atom is 0.118 e. The molecule has 0 spiro atoms. The molecule has 0 amide bonds. The second-order valence-corrected chi connectivity index (χ2v) is 5.22. The predicted molar refractivity (Wildman–Crippen MR) is 79.7 cm³/mol. The van der Waals surface area contributed by atoms with Gasteiger partial charge in [-0.1, -0.05) is 31.9 Å². The molecule has 0 aliphatic carbocycles. The molecule has 0 radical (unpaired) electrons. The van der Waals surface area contributed by atoms with Crippen LogP contribution in [-0.2, 0) is 0 Å². The van der Waals surface area contributed by atoms with Crippen molar-refractivity contribution < 1.29 is 4.74 Å². The van der Waals surface area contributed by atoms with Crippen LogP contribution < -0.4 is 10.1 Å². The van der Waals surface area contributed by atoms with Gasteiger partial charge in [0, 0.05) is 32.2 Å². The normalized spacial score (nSPS) is 18.2. The lowest BCUT2D eigenvalue weighted by Crippen LogP contribution is -2.45. The highest BCUT2D eigenvalue weighted by Gasteiger charge is 2.21. The molecule has 1 N–H and O–H groups in total. The number of benzene rings is 1. The van der Waals surface area contributed by atoms with Gasteiger partial charge >= 0.3 is 0 Å². The fourth-order valence-corrected chi connectivity index (χ4v) is 2.78. The van der Waals surface area contributed by atoms with Crippen LogP contribution in [0.4, 0.5) is 0 Å². The van der Waals surface area contributed by atoms with Crippen LogP contribution in [0.5, 0.6) is 5.75 Å². The highest BCUT2D eigenvalue weighted by atomic mass is 16.5. The highest BCUT2D eigenvalue weighted by Crippen LogP contribution is 2.28. The zero-order valence-corrected chi connectivity index (χ0v) is 12.2. The Balaban J connectivity index is 2.10. The molecule has 0 unspecified atom stereocenters. The zero-order chi connectivity index (χ0) is 13.5. The van der Waals surface area contributed by atoms with Crippen LogP contribution in [0.1, 0.15) is 37.8 Å². The van der Waals surface area contributed by atoms with Crippen molar-refractivity contribution in [2.24, 2.45) is 0 Å². The predicted octanol–water partition coefficient (Wildman–Crippen LogP) is 2.83. The van der Waals surface area contributed by atoms with Crippen molar-refractivity contribution in [1.82, 2.24) is 10.2 Å². The lowest BCUT2D eigenvalue weighted by molar-refractivity contribution is 0.163. The average molecular weight is 262 g/mol. The highest BCUT2D eigenvalue weighted by molar-refractivity contribution is 5.29. The van der Waals surface area contributed by atoms with Gasteiger partial charge in [-0.25, -0.2) is 0 Å². The van der Waals surface area contributed by atoms with Crippen molar-refractivity contribution in [2.75, 3.05) is 33.3 Å². The Morgan fingerprint density at radius 1 is 1.21 bits per heavy atom. The quantitative estimate of drug-likeness (QED) is 0.853. The second-order valence-electron chi connectivity index (χ2n) is 5.22. The SMILES string of the molecule is CCCC[C@H](c1ccc(OC)cc1)N1CCNCC1. The van der Waals surface area contributed by atoms with Crippen LogP contribution >= 0.6 is 0 Å². The maximum absolute atomic E-state index is 5.25. The summed E-state index contributed by atoms with van der Waals surface area (Å²) in [5, 5.41) is 3.43. The topological polar surface area (TPSA) is 24.5 Å². The molecule has 2 rings (SSSR count). The van der Waals surface area contributed by atoms with E-state index >= 15 is 0 Å². The first-order chi connectivity index (χ1) is 9.35. The van der Waals surface area contributed by atoms with Crippen molar-refractivity contribution >= 4 is 0 Å². The molecule has 0 bridgehead atoms. The fraction of sp³-hybridized carbons (Fsp3) is 0.625. The van der Waals surface area contributed by atoms with Gasteiger partial charge in [0.2, 0.25) is 0 Å². The summed E-state index contributed by atoms with van der Waals surface area (Å²) < 4.78 is 5.25. The van der Waals surface area contributed by atoms with Crippen molar-refractivity contribution in [3.63, 3.8) is 0 Å². The van der Waals surface area contributed by atoms with E-state index in [0.717, 1.165) is 31.9 Å². The number of hydrogen-bond donors (Lipinski definition) is 1. The maximum atomic E-state index is 5.25. The first-order valence-corrected chi connectivity index (χ1v) is 7.44. The molecule has 1 fully saturated rings. The number of piperazine rings is 1. The van der Waals surface area contributed by atoms with E-state index in [1.54, 1.807) is 7.11 Å². The van der Waals surface area contributed by atoms with Crippen LogP contribution in [0, 0.1) is 0 Å². The summed E-state index contributed by atoms with van der Waals surface area (Å²) in [7, 11) is 1.72. The molecule has 1 aromatic rings. The Morgan fingerprint density at radius 3 is 2.47 bits per heavy atom. The minimum atomic E-state index is 0.563. The van der Waals surface area contributed by atoms with Gasteiger partial charge in [0.1, 0.15) is 5.75 Å². The zero-order valence-electron chi connectivity index (χ0n) is 12.2. The van der Waals surface area contributed by atoms with E-state index in [1.165, 1.54) is 24.8 Å². The summed E-state index contributed by atoms with van der Waals surface area (Å²) >= 11 is 0. The monoisotopic (exact) mass is 262 g/mol. The Morgan fingerprint density at radius 2 is 1.89 bits per heavy atom. The lowest BCUT2D eigenvalue weighted by Gasteiger charge is -2.35. The van der Waals surface area contributed by atoms with Crippen LogP contribution in [0.2, 0.25) is 0 Å². The second kappa shape index (κ2) is 7.51. The first-order valence-electron chi connectivity index (χ1n) is 7.44. The third-order valence-electron chi connectivity index (χ3n) is 3.92. The molecule has 1 aromatic carbocycles. The average Bonchev–Trinajstić information content (AvgIpc) is 2.49. The van der Waals surface area contributed by atoms with E-state index in [9.17, 15) is 0 Å². The van der Waals surface area contributed by atoms with Crippen LogP contribution in [0.15, 0.2) is 24.3 Å². The number of ether oxygens (including phenoxy) is 1. The molecule has 1 atom stereocenters. The molecule has 1 heterocycles. The minimum Gasteiger partial charge on any atom is -0.497 e. The van der Waals surface area contributed by atoms with Crippen LogP contribution in [0.3, 0.4) is 0 Å². The molecule has 0 aromatic heterocycles. The van der Waals surface area contributed by atoms with Gasteiger partial charge in [0.25, 0.3) is 0 Å². The van der Waals surface area contributed by atoms with Gasteiger partial charge in [0.15, 0.2) is 0 Å². The summed E-state index contributed by atoms with van der Waals surface area (Å²) in [6.07, 6.45) is 3.81. The summed E-state index contributed by atoms with van der Waals surface area (Å²) in [6.45, 7) is 6.79. The van der Waals surface area contributed by atoms with Gasteiger partial charge in [-0.2, -0.15) is 0 Å². The summed E-state index contributed by atoms with van der Waals surface area (Å²) in [4.78, 5) is 2.62. The van der Waals surface area contributed by atoms with Crippen molar-refractivity contribution in [3.8, 4) is 5.75 Å². The molecular formula is C16H26N2O. The lowest BCUT2D eigenvalue weighted by atomic mass is 9.98. The molecule has 0 saturated carbocycles. The standard InChI is InChI=1S/C16H26N2O/c1-3-4-5-16(18-12-10-17-11-13-18)14-6-8-15(19-2)9-7-14/h6-9,16-17H,3-5,10-13H2,1-2H3/t16-/m1/s1. The summed E-state index contributed by atoms with van der Waals surface area (Å²) in [6, 6.07) is 9.17. The van der Waals surface area contributed by atoms with E-state index in [1.807, 2.05) is 0 Å².